The van der Waals surface area contributed by atoms with E-state index in [4.69, 9.17) is 11.6 Å². The van der Waals surface area contributed by atoms with Crippen molar-refractivity contribution in [3.63, 3.8) is 0 Å². The monoisotopic (exact) mass is 303 g/mol. The molecule has 0 saturated heterocycles. The molecule has 6 heteroatoms. The van der Waals surface area contributed by atoms with Gasteiger partial charge in [0.25, 0.3) is 0 Å². The second kappa shape index (κ2) is 4.51. The minimum Gasteiger partial charge on any atom is -0.313 e. The number of nitrogens with zero attached hydrogens (tertiary/aromatic N) is 3. The lowest BCUT2D eigenvalue weighted by atomic mass is 10.2. The minimum absolute atomic E-state index is 0.365. The Morgan fingerprint density at radius 1 is 1.44 bits per heavy atom. The van der Waals surface area contributed by atoms with E-state index in [0.29, 0.717) is 21.7 Å². The van der Waals surface area contributed by atoms with Gasteiger partial charge in [0.1, 0.15) is 11.6 Å². The molecule has 84 valence electrons. The van der Waals surface area contributed by atoms with Crippen LogP contribution in [0.2, 0.25) is 5.02 Å². The van der Waals surface area contributed by atoms with Gasteiger partial charge in [0.15, 0.2) is 5.82 Å². The van der Waals surface area contributed by atoms with E-state index in [0.717, 1.165) is 5.82 Å². The van der Waals surface area contributed by atoms with Crippen molar-refractivity contribution in [3.05, 3.63) is 34.9 Å². The Hall–Kier alpha value is -0.940. The van der Waals surface area contributed by atoms with Crippen LogP contribution in [0, 0.1) is 5.82 Å². The average molecular weight is 305 g/mol. The molecule has 0 radical (unpaired) electrons. The molecule has 0 atom stereocenters. The van der Waals surface area contributed by atoms with Crippen LogP contribution in [0.15, 0.2) is 18.2 Å². The first-order valence-electron chi connectivity index (χ1n) is 4.53. The van der Waals surface area contributed by atoms with E-state index >= 15 is 0 Å². The number of rotatable bonds is 2. The summed E-state index contributed by atoms with van der Waals surface area (Å²) in [6, 6.07) is 4.49. The van der Waals surface area contributed by atoms with Gasteiger partial charge < -0.3 is 4.57 Å². The van der Waals surface area contributed by atoms with Crippen LogP contribution in [-0.2, 0) is 12.4 Å². The van der Waals surface area contributed by atoms with Crippen LogP contribution in [0.3, 0.4) is 0 Å². The molecule has 2 aromatic rings. The molecule has 0 unspecified atom stereocenters. The zero-order chi connectivity index (χ0) is 11.7. The lowest BCUT2D eigenvalue weighted by Crippen LogP contribution is -1.98. The lowest BCUT2D eigenvalue weighted by molar-refractivity contribution is 0.628. The molecule has 16 heavy (non-hydrogen) atoms. The fraction of sp³-hybridized carbons (Fsp3) is 0.200. The van der Waals surface area contributed by atoms with E-state index in [9.17, 15) is 4.39 Å². The largest absolute Gasteiger partial charge is 0.313 e. The number of alkyl halides is 1. The van der Waals surface area contributed by atoms with Crippen molar-refractivity contribution in [1.82, 2.24) is 14.8 Å². The Morgan fingerprint density at radius 3 is 2.75 bits per heavy atom. The molecule has 0 bridgehead atoms. The van der Waals surface area contributed by atoms with E-state index < -0.39 is 5.82 Å². The Morgan fingerprint density at radius 2 is 2.19 bits per heavy atom. The van der Waals surface area contributed by atoms with Gasteiger partial charge in [0, 0.05) is 12.1 Å². The van der Waals surface area contributed by atoms with Gasteiger partial charge in [-0.2, -0.15) is 0 Å². The molecule has 3 nitrogen and oxygen atoms in total. The highest BCUT2D eigenvalue weighted by molar-refractivity contribution is 9.08. The van der Waals surface area contributed by atoms with Gasteiger partial charge in [-0.15, -0.1) is 10.2 Å². The lowest BCUT2D eigenvalue weighted by Gasteiger charge is -2.03. The molecule has 0 saturated carbocycles. The molecule has 0 N–H and O–H groups in total. The standard InChI is InChI=1S/C10H8BrClFN3/c1-16-9(5-11)14-15-10(16)7-3-2-6(12)4-8(7)13/h2-4H,5H2,1H3. The highest BCUT2D eigenvalue weighted by Gasteiger charge is 2.13. The molecule has 2 rings (SSSR count). The van der Waals surface area contributed by atoms with Gasteiger partial charge in [-0.3, -0.25) is 0 Å². The van der Waals surface area contributed by atoms with Crippen LogP contribution in [-0.4, -0.2) is 14.8 Å². The molecule has 1 aromatic heterocycles. The third-order valence-corrected chi connectivity index (χ3v) is 2.99. The highest BCUT2D eigenvalue weighted by Crippen LogP contribution is 2.24. The van der Waals surface area contributed by atoms with E-state index in [2.05, 4.69) is 26.1 Å². The van der Waals surface area contributed by atoms with Gasteiger partial charge in [-0.1, -0.05) is 27.5 Å². The van der Waals surface area contributed by atoms with Gasteiger partial charge in [-0.25, -0.2) is 4.39 Å². The summed E-state index contributed by atoms with van der Waals surface area (Å²) in [5.41, 5.74) is 0.395. The molecule has 0 amide bonds. The molecule has 1 aromatic carbocycles. The quantitative estimate of drug-likeness (QED) is 0.798. The number of halogens is 3. The maximum Gasteiger partial charge on any atom is 0.166 e. The van der Waals surface area contributed by atoms with Gasteiger partial charge in [-0.05, 0) is 18.2 Å². The van der Waals surface area contributed by atoms with E-state index in [1.807, 2.05) is 0 Å². The van der Waals surface area contributed by atoms with Crippen molar-refractivity contribution < 1.29 is 4.39 Å². The Balaban J connectivity index is 2.54. The average Bonchev–Trinajstić information content (AvgIpc) is 2.60. The van der Waals surface area contributed by atoms with Gasteiger partial charge in [0.05, 0.1) is 10.9 Å². The smallest absolute Gasteiger partial charge is 0.166 e. The maximum atomic E-state index is 13.7. The zero-order valence-electron chi connectivity index (χ0n) is 8.41. The molecule has 0 spiro atoms. The van der Waals surface area contributed by atoms with Crippen LogP contribution in [0.1, 0.15) is 5.82 Å². The predicted molar refractivity (Wildman–Crippen MR) is 64.0 cm³/mol. The first-order valence-corrected chi connectivity index (χ1v) is 6.03. The first kappa shape index (κ1) is 11.5. The van der Waals surface area contributed by atoms with E-state index in [1.54, 1.807) is 23.7 Å². The predicted octanol–water partition coefficient (Wildman–Crippen LogP) is 3.17. The van der Waals surface area contributed by atoms with Crippen molar-refractivity contribution in [2.24, 2.45) is 7.05 Å². The normalized spacial score (nSPS) is 10.8. The van der Waals surface area contributed by atoms with Crippen molar-refractivity contribution >= 4 is 27.5 Å². The Kier molecular flexibility index (Phi) is 3.25. The van der Waals surface area contributed by atoms with Crippen molar-refractivity contribution in [3.8, 4) is 11.4 Å². The van der Waals surface area contributed by atoms with E-state index in [-0.39, 0.29) is 0 Å². The van der Waals surface area contributed by atoms with Crippen LogP contribution < -0.4 is 0 Å². The van der Waals surface area contributed by atoms with Gasteiger partial charge in [0.2, 0.25) is 0 Å². The van der Waals surface area contributed by atoms with Crippen LogP contribution in [0.25, 0.3) is 11.4 Å². The molecule has 0 fully saturated rings. The zero-order valence-corrected chi connectivity index (χ0v) is 10.8. The summed E-state index contributed by atoms with van der Waals surface area (Å²) in [7, 11) is 1.79. The first-order chi connectivity index (χ1) is 7.63. The molecular weight excluding hydrogens is 296 g/mol. The molecular formula is C10H8BrClFN3. The van der Waals surface area contributed by atoms with E-state index in [1.165, 1.54) is 6.07 Å². The second-order valence-electron chi connectivity index (χ2n) is 3.26. The minimum atomic E-state index is -0.399. The summed E-state index contributed by atoms with van der Waals surface area (Å²) in [5.74, 6) is 0.831. The summed E-state index contributed by atoms with van der Waals surface area (Å²) in [6.07, 6.45) is 0. The SMILES string of the molecule is Cn1c(CBr)nnc1-c1ccc(Cl)cc1F. The summed E-state index contributed by atoms with van der Waals surface area (Å²) < 4.78 is 15.4. The topological polar surface area (TPSA) is 30.7 Å². The molecule has 0 aliphatic rings. The van der Waals surface area contributed by atoms with Crippen molar-refractivity contribution in [1.29, 1.82) is 0 Å². The van der Waals surface area contributed by atoms with Crippen LogP contribution >= 0.6 is 27.5 Å². The summed E-state index contributed by atoms with van der Waals surface area (Å²) in [5, 5.41) is 8.83. The fourth-order valence-electron chi connectivity index (χ4n) is 1.38. The highest BCUT2D eigenvalue weighted by atomic mass is 79.9. The summed E-state index contributed by atoms with van der Waals surface area (Å²) in [4.78, 5) is 0. The number of hydrogen-bond acceptors (Lipinski definition) is 2. The molecule has 0 aliphatic carbocycles. The molecule has 1 heterocycles. The fourth-order valence-corrected chi connectivity index (χ4v) is 2.03. The Labute approximate surface area is 105 Å². The number of hydrogen-bond donors (Lipinski definition) is 0. The molecule has 0 aliphatic heterocycles. The number of benzene rings is 1. The maximum absolute atomic E-state index is 13.7. The third-order valence-electron chi connectivity index (χ3n) is 2.26. The third kappa shape index (κ3) is 1.97. The van der Waals surface area contributed by atoms with Crippen LogP contribution in [0.4, 0.5) is 4.39 Å². The van der Waals surface area contributed by atoms with Crippen LogP contribution in [0.5, 0.6) is 0 Å². The summed E-state index contributed by atoms with van der Waals surface area (Å²) in [6.45, 7) is 0. The summed E-state index contributed by atoms with van der Waals surface area (Å²) >= 11 is 8.97. The number of aromatic nitrogens is 3. The second-order valence-corrected chi connectivity index (χ2v) is 4.25. The van der Waals surface area contributed by atoms with Crippen molar-refractivity contribution in [2.75, 3.05) is 0 Å². The van der Waals surface area contributed by atoms with Crippen molar-refractivity contribution in [2.45, 2.75) is 5.33 Å². The Bertz CT molecular complexity index is 527. The van der Waals surface area contributed by atoms with Gasteiger partial charge >= 0.3 is 0 Å².